The molecular weight excluding hydrogens is 380 g/mol. The van der Waals surface area contributed by atoms with Gasteiger partial charge in [-0.2, -0.15) is 0 Å². The van der Waals surface area contributed by atoms with Gasteiger partial charge < -0.3 is 10.6 Å². The number of hydrogen-bond donors (Lipinski definition) is 2. The molecule has 0 unspecified atom stereocenters. The Morgan fingerprint density at radius 2 is 1.55 bits per heavy atom. The molecule has 2 N–H and O–H groups in total. The second-order valence-electron chi connectivity index (χ2n) is 7.33. The number of anilines is 2. The van der Waals surface area contributed by atoms with Crippen LogP contribution in [0.4, 0.5) is 11.4 Å². The minimum absolute atomic E-state index is 0.0939. The number of carbonyl (C=O) groups is 2. The summed E-state index contributed by atoms with van der Waals surface area (Å²) >= 11 is 1.33. The lowest BCUT2D eigenvalue weighted by Gasteiger charge is -2.16. The van der Waals surface area contributed by atoms with E-state index in [-0.39, 0.29) is 22.8 Å². The average molecular weight is 407 g/mol. The maximum atomic E-state index is 12.6. The van der Waals surface area contributed by atoms with Crippen LogP contribution in [0.25, 0.3) is 10.8 Å². The molecule has 0 aliphatic carbocycles. The molecule has 3 rings (SSSR count). The lowest BCUT2D eigenvalue weighted by atomic mass is 10.1. The minimum atomic E-state index is -0.336. The number of fused-ring (bicyclic) bond motifs is 1. The highest BCUT2D eigenvalue weighted by Gasteiger charge is 2.17. The molecule has 3 aromatic carbocycles. The van der Waals surface area contributed by atoms with Crippen molar-refractivity contribution in [1.82, 2.24) is 0 Å². The Bertz CT molecular complexity index is 1040. The first-order valence-corrected chi connectivity index (χ1v) is 10.7. The number of hydrogen-bond acceptors (Lipinski definition) is 3. The summed E-state index contributed by atoms with van der Waals surface area (Å²) in [7, 11) is 0. The van der Waals surface area contributed by atoms with Crippen molar-refractivity contribution in [1.29, 1.82) is 0 Å². The van der Waals surface area contributed by atoms with Gasteiger partial charge in [0.1, 0.15) is 0 Å². The summed E-state index contributed by atoms with van der Waals surface area (Å²) in [4.78, 5) is 24.9. The van der Waals surface area contributed by atoms with Crippen LogP contribution in [-0.4, -0.2) is 22.8 Å². The number of rotatable bonds is 6. The van der Waals surface area contributed by atoms with Crippen LogP contribution in [0.15, 0.2) is 54.6 Å². The number of thioether (sulfide) groups is 1. The maximum Gasteiger partial charge on any atom is 0.237 e. The Balaban J connectivity index is 1.54. The van der Waals surface area contributed by atoms with Crippen molar-refractivity contribution in [2.45, 2.75) is 32.9 Å². The van der Waals surface area contributed by atoms with Gasteiger partial charge in [0.25, 0.3) is 0 Å². The van der Waals surface area contributed by atoms with Crippen LogP contribution in [0.1, 0.15) is 23.6 Å². The van der Waals surface area contributed by atoms with Crippen molar-refractivity contribution in [3.8, 4) is 0 Å². The van der Waals surface area contributed by atoms with Crippen molar-refractivity contribution < 1.29 is 9.59 Å². The van der Waals surface area contributed by atoms with E-state index in [1.807, 2.05) is 70.2 Å². The van der Waals surface area contributed by atoms with E-state index >= 15 is 0 Å². The Labute approximate surface area is 176 Å². The summed E-state index contributed by atoms with van der Waals surface area (Å²) in [6.07, 6.45) is 0. The Kier molecular flexibility index (Phi) is 6.60. The van der Waals surface area contributed by atoms with Crippen LogP contribution in [0.5, 0.6) is 0 Å². The highest BCUT2D eigenvalue weighted by atomic mass is 32.2. The number of amides is 2. The molecule has 0 saturated heterocycles. The average Bonchev–Trinajstić information content (AvgIpc) is 2.68. The zero-order valence-electron chi connectivity index (χ0n) is 17.2. The normalized spacial score (nSPS) is 11.9. The molecule has 4 nitrogen and oxygen atoms in total. The van der Waals surface area contributed by atoms with E-state index in [0.717, 1.165) is 33.3 Å². The predicted octanol–water partition coefficient (Wildman–Crippen LogP) is 5.46. The molecule has 3 aromatic rings. The summed E-state index contributed by atoms with van der Waals surface area (Å²) < 4.78 is 0. The second-order valence-corrected chi connectivity index (χ2v) is 8.66. The van der Waals surface area contributed by atoms with Gasteiger partial charge in [0.2, 0.25) is 11.8 Å². The molecule has 0 bridgehead atoms. The number of nitrogens with one attached hydrogen (secondary N) is 2. The fraction of sp³-hybridized carbons (Fsp3) is 0.250. The molecule has 0 aromatic heterocycles. The molecule has 29 heavy (non-hydrogen) atoms. The van der Waals surface area contributed by atoms with Gasteiger partial charge in [-0.1, -0.05) is 48.0 Å². The van der Waals surface area contributed by atoms with Crippen LogP contribution >= 0.6 is 11.8 Å². The van der Waals surface area contributed by atoms with Crippen LogP contribution in [0, 0.1) is 20.8 Å². The Morgan fingerprint density at radius 1 is 0.897 bits per heavy atom. The van der Waals surface area contributed by atoms with Crippen LogP contribution in [-0.2, 0) is 9.59 Å². The number of aryl methyl sites for hydroxylation is 3. The summed E-state index contributed by atoms with van der Waals surface area (Å²) in [6, 6.07) is 18.0. The van der Waals surface area contributed by atoms with Gasteiger partial charge in [-0.15, -0.1) is 11.8 Å². The van der Waals surface area contributed by atoms with E-state index in [1.54, 1.807) is 0 Å². The molecule has 5 heteroatoms. The van der Waals surface area contributed by atoms with Crippen LogP contribution < -0.4 is 10.6 Å². The van der Waals surface area contributed by atoms with E-state index in [9.17, 15) is 9.59 Å². The standard InChI is InChI=1S/C24H26N2O2S/c1-15-11-16(2)23(17(3)12-15)26-24(28)18(4)29-14-22(27)25-21-10-9-19-7-5-6-8-20(19)13-21/h5-13,18H,14H2,1-4H3,(H,25,27)(H,26,28)/t18-/m0/s1. The monoisotopic (exact) mass is 406 g/mol. The second kappa shape index (κ2) is 9.14. The molecular formula is C24H26N2O2S. The third-order valence-electron chi connectivity index (χ3n) is 4.79. The van der Waals surface area contributed by atoms with Gasteiger partial charge in [-0.3, -0.25) is 9.59 Å². The quantitative estimate of drug-likeness (QED) is 0.571. The third-order valence-corrected chi connectivity index (χ3v) is 5.94. The molecule has 0 heterocycles. The molecule has 0 fully saturated rings. The summed E-state index contributed by atoms with van der Waals surface area (Å²) in [6.45, 7) is 7.84. The fourth-order valence-electron chi connectivity index (χ4n) is 3.34. The van der Waals surface area contributed by atoms with Crippen molar-refractivity contribution in [2.75, 3.05) is 16.4 Å². The Morgan fingerprint density at radius 3 is 2.24 bits per heavy atom. The molecule has 1 atom stereocenters. The first-order chi connectivity index (χ1) is 13.8. The number of benzene rings is 3. The zero-order valence-corrected chi connectivity index (χ0v) is 18.0. The molecule has 0 aliphatic heterocycles. The summed E-state index contributed by atoms with van der Waals surface area (Å²) in [5.41, 5.74) is 4.88. The van der Waals surface area contributed by atoms with Gasteiger partial charge >= 0.3 is 0 Å². The van der Waals surface area contributed by atoms with Crippen LogP contribution in [0.2, 0.25) is 0 Å². The smallest absolute Gasteiger partial charge is 0.237 e. The van der Waals surface area contributed by atoms with Gasteiger partial charge in [-0.05, 0) is 61.7 Å². The highest BCUT2D eigenvalue weighted by Crippen LogP contribution is 2.24. The van der Waals surface area contributed by atoms with Crippen LogP contribution in [0.3, 0.4) is 0 Å². The summed E-state index contributed by atoms with van der Waals surface area (Å²) in [5, 5.41) is 7.79. The Hall–Kier alpha value is -2.79. The SMILES string of the molecule is Cc1cc(C)c(NC(=O)[C@H](C)SCC(=O)Nc2ccc3ccccc3c2)c(C)c1. The molecule has 150 valence electrons. The molecule has 0 saturated carbocycles. The lowest BCUT2D eigenvalue weighted by Crippen LogP contribution is -2.25. The third kappa shape index (κ3) is 5.39. The minimum Gasteiger partial charge on any atom is -0.325 e. The van der Waals surface area contributed by atoms with Gasteiger partial charge in [-0.25, -0.2) is 0 Å². The first-order valence-electron chi connectivity index (χ1n) is 9.62. The molecule has 0 aliphatic rings. The fourth-order valence-corrected chi connectivity index (χ4v) is 4.03. The summed E-state index contributed by atoms with van der Waals surface area (Å²) in [5.74, 6) is 0.00369. The topological polar surface area (TPSA) is 58.2 Å². The van der Waals surface area contributed by atoms with Crippen molar-refractivity contribution >= 4 is 45.7 Å². The van der Waals surface area contributed by atoms with E-state index in [1.165, 1.54) is 17.3 Å². The zero-order chi connectivity index (χ0) is 21.0. The number of carbonyl (C=O) groups excluding carboxylic acids is 2. The van der Waals surface area contributed by atoms with Crippen molar-refractivity contribution in [2.24, 2.45) is 0 Å². The van der Waals surface area contributed by atoms with Crippen molar-refractivity contribution in [3.63, 3.8) is 0 Å². The first kappa shape index (κ1) is 20.9. The lowest BCUT2D eigenvalue weighted by molar-refractivity contribution is -0.115. The predicted molar refractivity (Wildman–Crippen MR) is 124 cm³/mol. The van der Waals surface area contributed by atoms with Gasteiger partial charge in [0, 0.05) is 11.4 Å². The van der Waals surface area contributed by atoms with E-state index in [4.69, 9.17) is 0 Å². The van der Waals surface area contributed by atoms with E-state index < -0.39 is 0 Å². The maximum absolute atomic E-state index is 12.6. The molecule has 0 spiro atoms. The van der Waals surface area contributed by atoms with Gasteiger partial charge in [0.15, 0.2) is 0 Å². The van der Waals surface area contributed by atoms with Gasteiger partial charge in [0.05, 0.1) is 11.0 Å². The van der Waals surface area contributed by atoms with E-state index in [0.29, 0.717) is 0 Å². The van der Waals surface area contributed by atoms with E-state index in [2.05, 4.69) is 22.8 Å². The molecule has 2 amide bonds. The largest absolute Gasteiger partial charge is 0.325 e. The molecule has 0 radical (unpaired) electrons. The van der Waals surface area contributed by atoms with Crippen molar-refractivity contribution in [3.05, 3.63) is 71.3 Å². The highest BCUT2D eigenvalue weighted by molar-refractivity contribution is 8.01.